The molecule has 0 saturated carbocycles. The first-order valence-electron chi connectivity index (χ1n) is 4.56. The van der Waals surface area contributed by atoms with E-state index in [9.17, 15) is 13.2 Å². The van der Waals surface area contributed by atoms with E-state index in [4.69, 9.17) is 10.3 Å². The fourth-order valence-electron chi connectivity index (χ4n) is 1.60. The van der Waals surface area contributed by atoms with Gasteiger partial charge < -0.3 is 5.73 Å². The van der Waals surface area contributed by atoms with E-state index in [0.717, 1.165) is 0 Å². The van der Waals surface area contributed by atoms with Crippen molar-refractivity contribution in [1.29, 1.82) is 0 Å². The van der Waals surface area contributed by atoms with Crippen LogP contribution in [0.2, 0.25) is 0 Å². The van der Waals surface area contributed by atoms with Gasteiger partial charge in [-0.15, -0.1) is 0 Å². The molecule has 0 spiro atoms. The Hall–Kier alpha value is -1.99. The Kier molecular flexibility index (Phi) is 2.56. The van der Waals surface area contributed by atoms with Crippen LogP contribution < -0.4 is 5.73 Å². The molecular weight excluding hydrogens is 244 g/mol. The van der Waals surface area contributed by atoms with Crippen LogP contribution in [-0.2, 0) is 10.1 Å². The number of hydrogen-bond donors (Lipinski definition) is 2. The van der Waals surface area contributed by atoms with Crippen molar-refractivity contribution >= 4 is 26.8 Å². The normalized spacial score (nSPS) is 11.6. The zero-order valence-corrected chi connectivity index (χ0v) is 9.31. The first kappa shape index (κ1) is 11.5. The molecule has 1 amide bonds. The van der Waals surface area contributed by atoms with E-state index in [0.29, 0.717) is 0 Å². The van der Waals surface area contributed by atoms with E-state index < -0.39 is 16.0 Å². The number of nitrogens with two attached hydrogens (primary N) is 1. The third-order valence-electron chi connectivity index (χ3n) is 2.28. The second kappa shape index (κ2) is 3.79. The summed E-state index contributed by atoms with van der Waals surface area (Å²) < 4.78 is 31.3. The molecule has 1 aromatic heterocycles. The molecular formula is C10H8N2O4S. The Morgan fingerprint density at radius 1 is 1.24 bits per heavy atom. The number of primary amides is 1. The molecule has 3 N–H and O–H groups in total. The molecule has 0 unspecified atom stereocenters. The maximum absolute atomic E-state index is 11.1. The molecule has 1 heterocycles. The lowest BCUT2D eigenvalue weighted by molar-refractivity contribution is 0.0997. The summed E-state index contributed by atoms with van der Waals surface area (Å²) in [6.45, 7) is 0. The highest BCUT2D eigenvalue weighted by Crippen LogP contribution is 2.24. The van der Waals surface area contributed by atoms with Crippen LogP contribution in [0.15, 0.2) is 35.4 Å². The quantitative estimate of drug-likeness (QED) is 0.759. The molecule has 0 saturated heterocycles. The molecule has 0 fully saturated rings. The van der Waals surface area contributed by atoms with Crippen LogP contribution in [-0.4, -0.2) is 23.9 Å². The van der Waals surface area contributed by atoms with E-state index >= 15 is 0 Å². The Morgan fingerprint density at radius 3 is 2.53 bits per heavy atom. The standard InChI is InChI=1S/C10H8N2O4S/c11-10(13)9-7-2-1-3-8(17(14,15)16)6(7)4-5-12-9/h1-5H,(H2,11,13)(H,14,15,16). The molecule has 0 aliphatic heterocycles. The Bertz CT molecular complexity index is 709. The van der Waals surface area contributed by atoms with E-state index in [2.05, 4.69) is 4.98 Å². The van der Waals surface area contributed by atoms with Crippen molar-refractivity contribution in [3.05, 3.63) is 36.2 Å². The van der Waals surface area contributed by atoms with Crippen LogP contribution in [0.1, 0.15) is 10.5 Å². The van der Waals surface area contributed by atoms with Crippen molar-refractivity contribution in [3.63, 3.8) is 0 Å². The fourth-order valence-corrected chi connectivity index (χ4v) is 2.31. The van der Waals surface area contributed by atoms with Crippen molar-refractivity contribution in [2.75, 3.05) is 0 Å². The summed E-state index contributed by atoms with van der Waals surface area (Å²) in [5.74, 6) is -0.761. The molecule has 6 nitrogen and oxygen atoms in total. The topological polar surface area (TPSA) is 110 Å². The van der Waals surface area contributed by atoms with Crippen molar-refractivity contribution in [2.45, 2.75) is 4.90 Å². The number of nitrogens with zero attached hydrogens (tertiary/aromatic N) is 1. The van der Waals surface area contributed by atoms with Gasteiger partial charge in [0.15, 0.2) is 0 Å². The maximum atomic E-state index is 11.1. The highest BCUT2D eigenvalue weighted by Gasteiger charge is 2.16. The summed E-state index contributed by atoms with van der Waals surface area (Å²) in [5, 5.41) is 0.494. The van der Waals surface area contributed by atoms with Crippen LogP contribution in [0.25, 0.3) is 10.8 Å². The molecule has 2 rings (SSSR count). The first-order chi connectivity index (χ1) is 7.91. The Labute approximate surface area is 96.8 Å². The third kappa shape index (κ3) is 1.97. The van der Waals surface area contributed by atoms with Crippen LogP contribution >= 0.6 is 0 Å². The minimum atomic E-state index is -4.35. The van der Waals surface area contributed by atoms with Gasteiger partial charge in [-0.05, 0) is 12.1 Å². The summed E-state index contributed by atoms with van der Waals surface area (Å²) in [7, 11) is -4.35. The summed E-state index contributed by atoms with van der Waals surface area (Å²) in [6, 6.07) is 5.55. The van der Waals surface area contributed by atoms with E-state index in [1.165, 1.54) is 30.5 Å². The molecule has 7 heteroatoms. The van der Waals surface area contributed by atoms with Crippen LogP contribution in [0.5, 0.6) is 0 Å². The number of carbonyl (C=O) groups is 1. The predicted octanol–water partition coefficient (Wildman–Crippen LogP) is 0.580. The average Bonchev–Trinajstić information content (AvgIpc) is 2.26. The molecule has 0 aliphatic rings. The average molecular weight is 252 g/mol. The van der Waals surface area contributed by atoms with Crippen LogP contribution in [0, 0.1) is 0 Å². The lowest BCUT2D eigenvalue weighted by atomic mass is 10.1. The molecule has 2 aromatic rings. The molecule has 1 aromatic carbocycles. The summed E-state index contributed by atoms with van der Waals surface area (Å²) >= 11 is 0. The van der Waals surface area contributed by atoms with Gasteiger partial charge >= 0.3 is 0 Å². The minimum absolute atomic E-state index is 0.0343. The van der Waals surface area contributed by atoms with Crippen LogP contribution in [0.4, 0.5) is 0 Å². The summed E-state index contributed by atoms with van der Waals surface area (Å²) in [6.07, 6.45) is 1.26. The van der Waals surface area contributed by atoms with Gasteiger partial charge in [-0.3, -0.25) is 14.3 Å². The second-order valence-corrected chi connectivity index (χ2v) is 4.74. The van der Waals surface area contributed by atoms with Crippen molar-refractivity contribution < 1.29 is 17.8 Å². The van der Waals surface area contributed by atoms with Gasteiger partial charge in [0, 0.05) is 17.0 Å². The van der Waals surface area contributed by atoms with Crippen molar-refractivity contribution in [3.8, 4) is 0 Å². The lowest BCUT2D eigenvalue weighted by Gasteiger charge is -2.05. The van der Waals surface area contributed by atoms with Gasteiger partial charge in [0.1, 0.15) is 10.6 Å². The lowest BCUT2D eigenvalue weighted by Crippen LogP contribution is -2.13. The molecule has 0 aliphatic carbocycles. The second-order valence-electron chi connectivity index (χ2n) is 3.35. The van der Waals surface area contributed by atoms with E-state index in [1.807, 2.05) is 0 Å². The fraction of sp³-hybridized carbons (Fsp3) is 0. The highest BCUT2D eigenvalue weighted by atomic mass is 32.2. The van der Waals surface area contributed by atoms with E-state index in [-0.39, 0.29) is 21.4 Å². The Morgan fingerprint density at radius 2 is 1.94 bits per heavy atom. The van der Waals surface area contributed by atoms with E-state index in [1.54, 1.807) is 0 Å². The number of aromatic nitrogens is 1. The molecule has 88 valence electrons. The number of benzene rings is 1. The number of carbonyl (C=O) groups excluding carboxylic acids is 1. The van der Waals surface area contributed by atoms with Gasteiger partial charge in [0.05, 0.1) is 0 Å². The van der Waals surface area contributed by atoms with Crippen LogP contribution in [0.3, 0.4) is 0 Å². The predicted molar refractivity (Wildman–Crippen MR) is 60.1 cm³/mol. The van der Waals surface area contributed by atoms with Gasteiger partial charge in [-0.25, -0.2) is 0 Å². The minimum Gasteiger partial charge on any atom is -0.364 e. The summed E-state index contributed by atoms with van der Waals surface area (Å²) in [4.78, 5) is 14.6. The SMILES string of the molecule is NC(=O)c1nccc2c(S(=O)(=O)O)cccc12. The Balaban J connectivity index is 2.94. The highest BCUT2D eigenvalue weighted by molar-refractivity contribution is 7.86. The van der Waals surface area contributed by atoms with Gasteiger partial charge in [-0.1, -0.05) is 12.1 Å². The van der Waals surface area contributed by atoms with Crippen molar-refractivity contribution in [1.82, 2.24) is 4.98 Å². The largest absolute Gasteiger partial charge is 0.364 e. The zero-order chi connectivity index (χ0) is 12.6. The molecule has 0 bridgehead atoms. The maximum Gasteiger partial charge on any atom is 0.295 e. The van der Waals surface area contributed by atoms with Gasteiger partial charge in [0.2, 0.25) is 0 Å². The monoisotopic (exact) mass is 252 g/mol. The van der Waals surface area contributed by atoms with Crippen molar-refractivity contribution in [2.24, 2.45) is 5.73 Å². The number of fused-ring (bicyclic) bond motifs is 1. The molecule has 0 atom stereocenters. The smallest absolute Gasteiger partial charge is 0.295 e. The molecule has 0 radical (unpaired) electrons. The number of amides is 1. The van der Waals surface area contributed by atoms with Gasteiger partial charge in [0.25, 0.3) is 16.0 Å². The number of hydrogen-bond acceptors (Lipinski definition) is 4. The zero-order valence-electron chi connectivity index (χ0n) is 8.49. The third-order valence-corrected chi connectivity index (χ3v) is 3.19. The van der Waals surface area contributed by atoms with Gasteiger partial charge in [-0.2, -0.15) is 8.42 Å². The summed E-state index contributed by atoms with van der Waals surface area (Å²) in [5.41, 5.74) is 5.09. The number of pyridine rings is 1. The molecule has 17 heavy (non-hydrogen) atoms. The number of rotatable bonds is 2. The first-order valence-corrected chi connectivity index (χ1v) is 6.00.